The number of benzene rings is 6. The largest absolute Gasteiger partial charge is 0.304 e. The lowest BCUT2D eigenvalue weighted by Gasteiger charge is -2.34. The molecule has 2 aliphatic rings. The molecule has 2 aromatic heterocycles. The minimum Gasteiger partial charge on any atom is -0.304 e. The van der Waals surface area contributed by atoms with Crippen LogP contribution in [0.3, 0.4) is 0 Å². The van der Waals surface area contributed by atoms with E-state index in [9.17, 15) is 0 Å². The van der Waals surface area contributed by atoms with Gasteiger partial charge in [-0.3, -0.25) is 4.90 Å². The van der Waals surface area contributed by atoms with Gasteiger partial charge in [0.25, 0.3) is 0 Å². The van der Waals surface area contributed by atoms with Crippen LogP contribution < -0.4 is 4.90 Å². The van der Waals surface area contributed by atoms with Crippen molar-refractivity contribution in [2.75, 3.05) is 4.90 Å². The summed E-state index contributed by atoms with van der Waals surface area (Å²) in [7, 11) is 0. The first-order chi connectivity index (χ1) is 20.9. The summed E-state index contributed by atoms with van der Waals surface area (Å²) in [6.07, 6.45) is 0. The Labute approximate surface area is 241 Å². The van der Waals surface area contributed by atoms with Crippen molar-refractivity contribution >= 4 is 50.0 Å². The standard InChI is InChI=1S/C38H22N4/c1-2-11-23(12-3-1)34-38(40-31-20-7-6-19-30(31)39-34)41-32-21-9-17-27-25-14-5-4-13-24(25)26-15-8-16-28-29-18-10-22-33(41)37(29)42(35(26)28)36(27)32/h1-22H. The minimum absolute atomic E-state index is 0.829. The molecule has 0 atom stereocenters. The third kappa shape index (κ3) is 2.71. The molecule has 0 amide bonds. The van der Waals surface area contributed by atoms with Gasteiger partial charge in [0.2, 0.25) is 0 Å². The molecule has 8 aromatic rings. The van der Waals surface area contributed by atoms with E-state index in [0.29, 0.717) is 0 Å². The Balaban J connectivity index is 1.42. The first-order valence-corrected chi connectivity index (χ1v) is 14.3. The molecule has 0 aliphatic carbocycles. The van der Waals surface area contributed by atoms with Crippen molar-refractivity contribution in [3.8, 4) is 39.2 Å². The zero-order valence-electron chi connectivity index (χ0n) is 22.5. The summed E-state index contributed by atoms with van der Waals surface area (Å²) in [6, 6.07) is 47.4. The molecule has 0 radical (unpaired) electrons. The van der Waals surface area contributed by atoms with Gasteiger partial charge in [-0.15, -0.1) is 0 Å². The van der Waals surface area contributed by atoms with E-state index < -0.39 is 0 Å². The van der Waals surface area contributed by atoms with Crippen molar-refractivity contribution < 1.29 is 0 Å². The summed E-state index contributed by atoms with van der Waals surface area (Å²) < 4.78 is 2.51. The van der Waals surface area contributed by atoms with Gasteiger partial charge in [0.05, 0.1) is 39.1 Å². The molecule has 194 valence electrons. The number of hydrogen-bond donors (Lipinski definition) is 0. The van der Waals surface area contributed by atoms with Gasteiger partial charge in [0.15, 0.2) is 5.82 Å². The number of aromatic nitrogens is 3. The lowest BCUT2D eigenvalue weighted by atomic mass is 9.92. The highest BCUT2D eigenvalue weighted by atomic mass is 15.3. The average Bonchev–Trinajstić information content (AvgIpc) is 3.33. The summed E-state index contributed by atoms with van der Waals surface area (Å²) in [4.78, 5) is 12.9. The summed E-state index contributed by atoms with van der Waals surface area (Å²) in [6.45, 7) is 0. The molecule has 0 bridgehead atoms. The lowest BCUT2D eigenvalue weighted by Crippen LogP contribution is -2.20. The predicted molar refractivity (Wildman–Crippen MR) is 172 cm³/mol. The number of hydrogen-bond acceptors (Lipinski definition) is 3. The molecular formula is C38H22N4. The molecule has 0 unspecified atom stereocenters. The molecule has 0 saturated heterocycles. The SMILES string of the molecule is c1ccc(-c2nc3ccccc3nc2N2c3cccc4c3-n3c5c(cccc5c5cccc2c53)-c2ccccc2-4)cc1. The van der Waals surface area contributed by atoms with Crippen LogP contribution in [-0.2, 0) is 0 Å². The van der Waals surface area contributed by atoms with Gasteiger partial charge < -0.3 is 4.57 Å². The summed E-state index contributed by atoms with van der Waals surface area (Å²) in [5.41, 5.74) is 14.5. The highest BCUT2D eigenvalue weighted by molar-refractivity contribution is 6.22. The average molecular weight is 535 g/mol. The Morgan fingerprint density at radius 3 is 1.86 bits per heavy atom. The molecule has 0 fully saturated rings. The summed E-state index contributed by atoms with van der Waals surface area (Å²) in [5.74, 6) is 0.829. The summed E-state index contributed by atoms with van der Waals surface area (Å²) in [5, 5.41) is 2.50. The van der Waals surface area contributed by atoms with Gasteiger partial charge in [-0.25, -0.2) is 9.97 Å². The third-order valence-electron chi connectivity index (χ3n) is 8.83. The number of nitrogens with zero attached hydrogens (tertiary/aromatic N) is 4. The molecule has 0 saturated carbocycles. The van der Waals surface area contributed by atoms with E-state index in [1.165, 1.54) is 49.7 Å². The fourth-order valence-corrected chi connectivity index (χ4v) is 7.13. The van der Waals surface area contributed by atoms with Crippen LogP contribution in [0.5, 0.6) is 0 Å². The summed E-state index contributed by atoms with van der Waals surface area (Å²) >= 11 is 0. The molecule has 0 N–H and O–H groups in total. The molecule has 4 nitrogen and oxygen atoms in total. The topological polar surface area (TPSA) is 34.0 Å². The van der Waals surface area contributed by atoms with Crippen molar-refractivity contribution in [1.82, 2.24) is 14.5 Å². The van der Waals surface area contributed by atoms with Crippen LogP contribution in [-0.4, -0.2) is 14.5 Å². The normalized spacial score (nSPS) is 12.7. The van der Waals surface area contributed by atoms with E-state index in [-0.39, 0.29) is 0 Å². The second-order valence-corrected chi connectivity index (χ2v) is 11.0. The number of fused-ring (bicyclic) bond motifs is 5. The zero-order chi connectivity index (χ0) is 27.4. The maximum Gasteiger partial charge on any atom is 0.165 e. The first-order valence-electron chi connectivity index (χ1n) is 14.3. The smallest absolute Gasteiger partial charge is 0.165 e. The highest BCUT2D eigenvalue weighted by Gasteiger charge is 2.35. The van der Waals surface area contributed by atoms with Crippen LogP contribution in [0.4, 0.5) is 17.2 Å². The van der Waals surface area contributed by atoms with E-state index in [1.54, 1.807) is 0 Å². The van der Waals surface area contributed by atoms with E-state index in [2.05, 4.69) is 119 Å². The van der Waals surface area contributed by atoms with Gasteiger partial charge in [0.1, 0.15) is 5.69 Å². The lowest BCUT2D eigenvalue weighted by molar-refractivity contribution is 1.09. The second-order valence-electron chi connectivity index (χ2n) is 11.0. The van der Waals surface area contributed by atoms with Gasteiger partial charge >= 0.3 is 0 Å². The Kier molecular flexibility index (Phi) is 4.15. The Hall–Kier alpha value is -5.74. The molecule has 4 heteroatoms. The quantitative estimate of drug-likeness (QED) is 0.221. The Bertz CT molecular complexity index is 2420. The third-order valence-corrected chi connectivity index (χ3v) is 8.83. The number of para-hydroxylation sites is 5. The zero-order valence-corrected chi connectivity index (χ0v) is 22.5. The van der Waals surface area contributed by atoms with Crippen LogP contribution >= 0.6 is 0 Å². The second kappa shape index (κ2) is 7.93. The van der Waals surface area contributed by atoms with Crippen molar-refractivity contribution in [2.45, 2.75) is 0 Å². The van der Waals surface area contributed by atoms with Gasteiger partial charge in [-0.1, -0.05) is 109 Å². The number of anilines is 3. The molecular weight excluding hydrogens is 512 g/mol. The van der Waals surface area contributed by atoms with Gasteiger partial charge in [0, 0.05) is 27.5 Å². The fourth-order valence-electron chi connectivity index (χ4n) is 7.13. The number of rotatable bonds is 2. The Morgan fingerprint density at radius 1 is 0.429 bits per heavy atom. The maximum absolute atomic E-state index is 5.35. The maximum atomic E-state index is 5.35. The van der Waals surface area contributed by atoms with Crippen LogP contribution in [0, 0.1) is 0 Å². The minimum atomic E-state index is 0.829. The molecule has 6 aromatic carbocycles. The Morgan fingerprint density at radius 2 is 1.02 bits per heavy atom. The van der Waals surface area contributed by atoms with Crippen LogP contribution in [0.25, 0.3) is 72.0 Å². The molecule has 0 spiro atoms. The van der Waals surface area contributed by atoms with Gasteiger partial charge in [-0.05, 0) is 35.4 Å². The molecule has 42 heavy (non-hydrogen) atoms. The van der Waals surface area contributed by atoms with Gasteiger partial charge in [-0.2, -0.15) is 0 Å². The fraction of sp³-hybridized carbons (Fsp3) is 0. The van der Waals surface area contributed by atoms with E-state index in [0.717, 1.165) is 39.5 Å². The van der Waals surface area contributed by atoms with Crippen LogP contribution in [0.2, 0.25) is 0 Å². The van der Waals surface area contributed by atoms with Crippen molar-refractivity contribution in [2.24, 2.45) is 0 Å². The van der Waals surface area contributed by atoms with E-state index in [1.807, 2.05) is 24.3 Å². The highest BCUT2D eigenvalue weighted by Crippen LogP contribution is 2.56. The van der Waals surface area contributed by atoms with E-state index in [4.69, 9.17) is 9.97 Å². The van der Waals surface area contributed by atoms with E-state index >= 15 is 0 Å². The molecule has 4 heterocycles. The van der Waals surface area contributed by atoms with Crippen LogP contribution in [0.15, 0.2) is 133 Å². The van der Waals surface area contributed by atoms with Crippen molar-refractivity contribution in [3.63, 3.8) is 0 Å². The first kappa shape index (κ1) is 22.0. The molecule has 2 aliphatic heterocycles. The predicted octanol–water partition coefficient (Wildman–Crippen LogP) is 9.82. The monoisotopic (exact) mass is 534 g/mol. The van der Waals surface area contributed by atoms with Crippen molar-refractivity contribution in [1.29, 1.82) is 0 Å². The molecule has 10 rings (SSSR count). The van der Waals surface area contributed by atoms with Crippen molar-refractivity contribution in [3.05, 3.63) is 133 Å². The van der Waals surface area contributed by atoms with Crippen LogP contribution in [0.1, 0.15) is 0 Å².